The van der Waals surface area contributed by atoms with Gasteiger partial charge in [0.1, 0.15) is 6.54 Å². The smallest absolute Gasteiger partial charge is 0.256 e. The number of rotatable bonds is 10. The van der Waals surface area contributed by atoms with E-state index >= 15 is 0 Å². The highest BCUT2D eigenvalue weighted by Crippen LogP contribution is 2.29. The molecule has 0 saturated carbocycles. The van der Waals surface area contributed by atoms with Crippen LogP contribution in [0.15, 0.2) is 36.4 Å². The first-order valence-electron chi connectivity index (χ1n) is 13.7. The Bertz CT molecular complexity index is 1290. The van der Waals surface area contributed by atoms with Crippen molar-refractivity contribution < 1.29 is 9.59 Å². The molecule has 2 amide bonds. The molecule has 0 fully saturated rings. The Morgan fingerprint density at radius 3 is 2.58 bits per heavy atom. The van der Waals surface area contributed by atoms with Gasteiger partial charge in [0.2, 0.25) is 5.91 Å². The molecule has 0 atom stereocenters. The molecule has 0 saturated heterocycles. The number of hydrogen-bond donors (Lipinski definition) is 2. The molecule has 0 bridgehead atoms. The highest BCUT2D eigenvalue weighted by molar-refractivity contribution is 5.89. The number of nitrogens with zero attached hydrogens (tertiary/aromatic N) is 5. The van der Waals surface area contributed by atoms with Crippen LogP contribution in [0.1, 0.15) is 42.1 Å². The van der Waals surface area contributed by atoms with Crippen LogP contribution in [0.25, 0.3) is 10.9 Å². The van der Waals surface area contributed by atoms with E-state index < -0.39 is 0 Å². The standard InChI is InChI=1S/C29H39N7O2/c1-4-30-12-14-34(20-29(38)33(3)35-18-22-9-5-6-10-23(22)19-35)28(37)17-31-25-16-26-24(15-21(25)2)27-11-7-8-13-36(27)32-26/h5-6,9-10,15-16,30-31H,4,7-8,11-14,17-20H2,1-3H3. The van der Waals surface area contributed by atoms with Crippen molar-refractivity contribution in [2.45, 2.75) is 52.7 Å². The molecule has 202 valence electrons. The third-order valence-corrected chi connectivity index (χ3v) is 7.75. The minimum Gasteiger partial charge on any atom is -0.376 e. The number of aryl methyl sites for hydroxylation is 3. The van der Waals surface area contributed by atoms with Crippen LogP contribution in [-0.2, 0) is 35.6 Å². The first-order chi connectivity index (χ1) is 18.4. The molecule has 5 rings (SSSR count). The van der Waals surface area contributed by atoms with Crippen LogP contribution in [0.2, 0.25) is 0 Å². The van der Waals surface area contributed by atoms with Crippen molar-refractivity contribution in [2.75, 3.05) is 45.1 Å². The van der Waals surface area contributed by atoms with Gasteiger partial charge in [-0.3, -0.25) is 19.3 Å². The van der Waals surface area contributed by atoms with Crippen LogP contribution in [0, 0.1) is 6.92 Å². The lowest BCUT2D eigenvalue weighted by Gasteiger charge is -2.31. The van der Waals surface area contributed by atoms with E-state index in [-0.39, 0.29) is 24.9 Å². The van der Waals surface area contributed by atoms with E-state index in [1.165, 1.54) is 35.0 Å². The zero-order valence-electron chi connectivity index (χ0n) is 22.8. The van der Waals surface area contributed by atoms with Crippen molar-refractivity contribution in [3.63, 3.8) is 0 Å². The fourth-order valence-electron chi connectivity index (χ4n) is 5.45. The zero-order valence-corrected chi connectivity index (χ0v) is 22.8. The average molecular weight is 518 g/mol. The maximum absolute atomic E-state index is 13.3. The Kier molecular flexibility index (Phi) is 7.95. The molecule has 1 aromatic heterocycles. The van der Waals surface area contributed by atoms with Gasteiger partial charge in [-0.15, -0.1) is 0 Å². The topological polar surface area (TPSA) is 85.7 Å². The van der Waals surface area contributed by atoms with E-state index in [1.807, 2.05) is 24.1 Å². The quantitative estimate of drug-likeness (QED) is 0.402. The van der Waals surface area contributed by atoms with Crippen LogP contribution in [0.4, 0.5) is 5.69 Å². The monoisotopic (exact) mass is 517 g/mol. The number of aromatic nitrogens is 2. The molecule has 38 heavy (non-hydrogen) atoms. The maximum Gasteiger partial charge on any atom is 0.256 e. The number of carbonyl (C=O) groups excluding carboxylic acids is 2. The number of benzene rings is 2. The van der Waals surface area contributed by atoms with Gasteiger partial charge >= 0.3 is 0 Å². The molecule has 2 N–H and O–H groups in total. The van der Waals surface area contributed by atoms with Crippen LogP contribution in [0.3, 0.4) is 0 Å². The summed E-state index contributed by atoms with van der Waals surface area (Å²) in [6.07, 6.45) is 3.44. The lowest BCUT2D eigenvalue weighted by atomic mass is 10.0. The number of amides is 2. The van der Waals surface area contributed by atoms with Gasteiger partial charge in [0, 0.05) is 56.5 Å². The summed E-state index contributed by atoms with van der Waals surface area (Å²) in [6.45, 7) is 8.55. The molecule has 2 aliphatic heterocycles. The summed E-state index contributed by atoms with van der Waals surface area (Å²) in [6, 6.07) is 12.5. The predicted molar refractivity (Wildman–Crippen MR) is 149 cm³/mol. The van der Waals surface area contributed by atoms with E-state index in [4.69, 9.17) is 5.10 Å². The Morgan fingerprint density at radius 2 is 1.84 bits per heavy atom. The number of carbonyl (C=O) groups is 2. The fraction of sp³-hybridized carbons (Fsp3) is 0.483. The van der Waals surface area contributed by atoms with Crippen molar-refractivity contribution in [3.05, 3.63) is 58.8 Å². The molecule has 0 spiro atoms. The number of likely N-dealkylation sites (N-methyl/N-ethyl adjacent to an activating group) is 2. The van der Waals surface area contributed by atoms with Crippen LogP contribution in [0.5, 0.6) is 0 Å². The van der Waals surface area contributed by atoms with E-state index in [0.717, 1.165) is 36.3 Å². The van der Waals surface area contributed by atoms with E-state index in [2.05, 4.69) is 46.5 Å². The van der Waals surface area contributed by atoms with Gasteiger partial charge in [-0.1, -0.05) is 31.2 Å². The minimum absolute atomic E-state index is 0.0427. The Hall–Kier alpha value is -3.43. The summed E-state index contributed by atoms with van der Waals surface area (Å²) in [7, 11) is 1.79. The number of hydrazine groups is 1. The van der Waals surface area contributed by atoms with Gasteiger partial charge in [-0.2, -0.15) is 5.10 Å². The van der Waals surface area contributed by atoms with Gasteiger partial charge in [0.15, 0.2) is 0 Å². The zero-order chi connectivity index (χ0) is 26.6. The van der Waals surface area contributed by atoms with Crippen molar-refractivity contribution >= 4 is 28.4 Å². The minimum atomic E-state index is -0.0991. The number of fused-ring (bicyclic) bond motifs is 4. The van der Waals surface area contributed by atoms with Gasteiger partial charge in [-0.05, 0) is 61.6 Å². The van der Waals surface area contributed by atoms with Crippen LogP contribution >= 0.6 is 0 Å². The van der Waals surface area contributed by atoms with Gasteiger partial charge < -0.3 is 15.5 Å². The van der Waals surface area contributed by atoms with Crippen molar-refractivity contribution in [1.29, 1.82) is 0 Å². The van der Waals surface area contributed by atoms with E-state index in [1.54, 1.807) is 17.0 Å². The highest BCUT2D eigenvalue weighted by Gasteiger charge is 2.27. The summed E-state index contributed by atoms with van der Waals surface area (Å²) in [4.78, 5) is 28.2. The Labute approximate surface area is 224 Å². The second-order valence-corrected chi connectivity index (χ2v) is 10.3. The molecule has 0 radical (unpaired) electrons. The average Bonchev–Trinajstić information content (AvgIpc) is 3.52. The molecular formula is C29H39N7O2. The number of nitrogens with one attached hydrogen (secondary N) is 2. The molecule has 9 nitrogen and oxygen atoms in total. The molecule has 3 heterocycles. The lowest BCUT2D eigenvalue weighted by molar-refractivity contribution is -0.151. The first kappa shape index (κ1) is 26.2. The van der Waals surface area contributed by atoms with Crippen molar-refractivity contribution in [3.8, 4) is 0 Å². The summed E-state index contributed by atoms with van der Waals surface area (Å²) in [5.74, 6) is -0.193. The molecule has 2 aromatic carbocycles. The van der Waals surface area contributed by atoms with Crippen LogP contribution in [-0.4, -0.2) is 76.3 Å². The molecule has 0 aliphatic carbocycles. The van der Waals surface area contributed by atoms with Gasteiger partial charge in [0.05, 0.1) is 12.1 Å². The molecule has 0 unspecified atom stereocenters. The third kappa shape index (κ3) is 5.54. The lowest BCUT2D eigenvalue weighted by Crippen LogP contribution is -2.49. The van der Waals surface area contributed by atoms with Crippen molar-refractivity contribution in [2.24, 2.45) is 0 Å². The van der Waals surface area contributed by atoms with E-state index in [0.29, 0.717) is 26.2 Å². The second-order valence-electron chi connectivity index (χ2n) is 10.3. The summed E-state index contributed by atoms with van der Waals surface area (Å²) in [5.41, 5.74) is 6.76. The summed E-state index contributed by atoms with van der Waals surface area (Å²) in [5, 5.41) is 16.3. The van der Waals surface area contributed by atoms with Crippen molar-refractivity contribution in [1.82, 2.24) is 30.0 Å². The fourth-order valence-corrected chi connectivity index (χ4v) is 5.45. The largest absolute Gasteiger partial charge is 0.376 e. The Balaban J connectivity index is 1.23. The van der Waals surface area contributed by atoms with Crippen LogP contribution < -0.4 is 10.6 Å². The van der Waals surface area contributed by atoms with Gasteiger partial charge in [0.25, 0.3) is 5.91 Å². The third-order valence-electron chi connectivity index (χ3n) is 7.75. The normalized spacial score (nSPS) is 14.8. The number of anilines is 1. The Morgan fingerprint density at radius 1 is 1.08 bits per heavy atom. The summed E-state index contributed by atoms with van der Waals surface area (Å²) < 4.78 is 2.13. The first-order valence-corrected chi connectivity index (χ1v) is 13.7. The van der Waals surface area contributed by atoms with Gasteiger partial charge in [-0.25, -0.2) is 5.01 Å². The maximum atomic E-state index is 13.3. The molecule has 9 heteroatoms. The molecule has 2 aliphatic rings. The molecular weight excluding hydrogens is 478 g/mol. The van der Waals surface area contributed by atoms with E-state index in [9.17, 15) is 9.59 Å². The molecule has 3 aromatic rings. The second kappa shape index (κ2) is 11.5. The number of hydrogen-bond acceptors (Lipinski definition) is 6. The highest BCUT2D eigenvalue weighted by atomic mass is 16.2. The summed E-state index contributed by atoms with van der Waals surface area (Å²) >= 11 is 0. The SMILES string of the molecule is CCNCCN(CC(=O)N(C)N1Cc2ccccc2C1)C(=O)CNc1cc2nn3c(c2cc1C)CCCC3. The predicted octanol–water partition coefficient (Wildman–Crippen LogP) is 2.92.